The summed E-state index contributed by atoms with van der Waals surface area (Å²) >= 11 is 0. The van der Waals surface area contributed by atoms with Gasteiger partial charge in [-0.2, -0.15) is 0 Å². The minimum absolute atomic E-state index is 0. The van der Waals surface area contributed by atoms with Gasteiger partial charge in [0, 0.05) is 12.2 Å². The number of nitrogens with one attached hydrogen (secondary N) is 2. The Hall–Kier alpha value is -1.89. The first-order valence-electron chi connectivity index (χ1n) is 8.37. The van der Waals surface area contributed by atoms with Crippen LogP contribution < -0.4 is 10.6 Å². The second kappa shape index (κ2) is 9.16. The largest absolute Gasteiger partial charge is 0.326 e. The van der Waals surface area contributed by atoms with Crippen molar-refractivity contribution >= 4 is 33.8 Å². The molecular formula is C19H23ClN2O3S. The summed E-state index contributed by atoms with van der Waals surface area (Å²) in [7, 11) is -3.27. The Morgan fingerprint density at radius 3 is 2.42 bits per heavy atom. The number of carbonyl (C=O) groups is 1. The van der Waals surface area contributed by atoms with Crippen LogP contribution in [-0.4, -0.2) is 27.4 Å². The average molecular weight is 395 g/mol. The van der Waals surface area contributed by atoms with Gasteiger partial charge >= 0.3 is 0 Å². The lowest BCUT2D eigenvalue weighted by Gasteiger charge is -2.11. The lowest BCUT2D eigenvalue weighted by Crippen LogP contribution is -2.24. The molecule has 1 unspecified atom stereocenters. The number of halogens is 1. The maximum atomic E-state index is 12.4. The number of anilines is 1. The van der Waals surface area contributed by atoms with Crippen molar-refractivity contribution in [2.75, 3.05) is 18.4 Å². The molecule has 0 radical (unpaired) electrons. The standard InChI is InChI=1S/C19H22N2O3S.ClH/c22-19(17-9-10-20-12-17)21-18-8-4-7-16(11-18)14-25(23,24)13-15-5-2-1-3-6-15;/h1-8,11,17,20H,9-10,12-14H2,(H,21,22);1H. The van der Waals surface area contributed by atoms with Gasteiger partial charge in [-0.25, -0.2) is 8.42 Å². The van der Waals surface area contributed by atoms with Gasteiger partial charge in [0.1, 0.15) is 0 Å². The zero-order chi connectivity index (χ0) is 17.7. The van der Waals surface area contributed by atoms with Gasteiger partial charge in [0.2, 0.25) is 5.91 Å². The molecule has 0 bridgehead atoms. The summed E-state index contributed by atoms with van der Waals surface area (Å²) in [6, 6.07) is 16.2. The molecule has 26 heavy (non-hydrogen) atoms. The second-order valence-electron chi connectivity index (χ2n) is 6.40. The molecule has 0 aliphatic carbocycles. The summed E-state index contributed by atoms with van der Waals surface area (Å²) in [4.78, 5) is 12.2. The Kier molecular flexibility index (Phi) is 7.20. The fourth-order valence-electron chi connectivity index (χ4n) is 2.99. The van der Waals surface area contributed by atoms with Gasteiger partial charge < -0.3 is 10.6 Å². The van der Waals surface area contributed by atoms with E-state index < -0.39 is 9.84 Å². The molecule has 1 heterocycles. The molecule has 1 fully saturated rings. The number of sulfone groups is 1. The highest BCUT2D eigenvalue weighted by Crippen LogP contribution is 2.18. The maximum Gasteiger partial charge on any atom is 0.228 e. The Bertz CT molecular complexity index is 835. The number of hydrogen-bond donors (Lipinski definition) is 2. The lowest BCUT2D eigenvalue weighted by molar-refractivity contribution is -0.119. The van der Waals surface area contributed by atoms with Crippen molar-refractivity contribution < 1.29 is 13.2 Å². The van der Waals surface area contributed by atoms with Crippen LogP contribution in [0.25, 0.3) is 0 Å². The van der Waals surface area contributed by atoms with Crippen LogP contribution in [0.2, 0.25) is 0 Å². The van der Waals surface area contributed by atoms with E-state index >= 15 is 0 Å². The van der Waals surface area contributed by atoms with Gasteiger partial charge in [-0.15, -0.1) is 12.4 Å². The highest BCUT2D eigenvalue weighted by atomic mass is 35.5. The van der Waals surface area contributed by atoms with Crippen molar-refractivity contribution in [3.63, 3.8) is 0 Å². The molecular weight excluding hydrogens is 372 g/mol. The van der Waals surface area contributed by atoms with E-state index in [9.17, 15) is 13.2 Å². The lowest BCUT2D eigenvalue weighted by atomic mass is 10.1. The predicted octanol–water partition coefficient (Wildman–Crippen LogP) is 2.77. The quantitative estimate of drug-likeness (QED) is 0.789. The maximum absolute atomic E-state index is 12.4. The molecule has 7 heteroatoms. The second-order valence-corrected chi connectivity index (χ2v) is 8.46. The van der Waals surface area contributed by atoms with Crippen LogP contribution in [-0.2, 0) is 26.1 Å². The van der Waals surface area contributed by atoms with Gasteiger partial charge in [-0.1, -0.05) is 42.5 Å². The van der Waals surface area contributed by atoms with Crippen LogP contribution in [0.15, 0.2) is 54.6 Å². The molecule has 0 aromatic heterocycles. The zero-order valence-corrected chi connectivity index (χ0v) is 16.0. The normalized spacial score (nSPS) is 16.7. The van der Waals surface area contributed by atoms with Crippen molar-refractivity contribution in [1.82, 2.24) is 5.32 Å². The van der Waals surface area contributed by atoms with E-state index in [2.05, 4.69) is 10.6 Å². The van der Waals surface area contributed by atoms with Gasteiger partial charge in [0.05, 0.1) is 17.4 Å². The summed E-state index contributed by atoms with van der Waals surface area (Å²) in [6.45, 7) is 1.55. The zero-order valence-electron chi connectivity index (χ0n) is 14.4. The highest BCUT2D eigenvalue weighted by Gasteiger charge is 2.22. The van der Waals surface area contributed by atoms with Gasteiger partial charge in [0.25, 0.3) is 0 Å². The van der Waals surface area contributed by atoms with Crippen molar-refractivity contribution in [1.29, 1.82) is 0 Å². The van der Waals surface area contributed by atoms with Gasteiger partial charge in [-0.3, -0.25) is 4.79 Å². The fraction of sp³-hybridized carbons (Fsp3) is 0.316. The van der Waals surface area contributed by atoms with Crippen LogP contribution in [0.1, 0.15) is 17.5 Å². The molecule has 140 valence electrons. The smallest absolute Gasteiger partial charge is 0.228 e. The highest BCUT2D eigenvalue weighted by molar-refractivity contribution is 7.89. The molecule has 3 rings (SSSR count). The minimum atomic E-state index is -3.27. The molecule has 5 nitrogen and oxygen atoms in total. The van der Waals surface area contributed by atoms with E-state index in [1.54, 1.807) is 24.3 Å². The Labute approximate surface area is 160 Å². The SMILES string of the molecule is Cl.O=C(Nc1cccc(CS(=O)(=O)Cc2ccccc2)c1)C1CCNC1. The van der Waals surface area contributed by atoms with Crippen molar-refractivity contribution in [2.45, 2.75) is 17.9 Å². The van der Waals surface area contributed by atoms with Crippen molar-refractivity contribution in [2.24, 2.45) is 5.92 Å². The van der Waals surface area contributed by atoms with Crippen LogP contribution >= 0.6 is 12.4 Å². The summed E-state index contributed by atoms with van der Waals surface area (Å²) in [5.74, 6) is -0.0749. The van der Waals surface area contributed by atoms with Gasteiger partial charge in [-0.05, 0) is 36.2 Å². The monoisotopic (exact) mass is 394 g/mol. The summed E-state index contributed by atoms with van der Waals surface area (Å²) in [6.07, 6.45) is 0.830. The molecule has 1 amide bonds. The summed E-state index contributed by atoms with van der Waals surface area (Å²) < 4.78 is 24.8. The van der Waals surface area contributed by atoms with E-state index in [0.717, 1.165) is 18.5 Å². The topological polar surface area (TPSA) is 75.3 Å². The molecule has 1 atom stereocenters. The van der Waals surface area contributed by atoms with Gasteiger partial charge in [0.15, 0.2) is 9.84 Å². The van der Waals surface area contributed by atoms with Crippen LogP contribution in [0.5, 0.6) is 0 Å². The number of rotatable bonds is 6. The Morgan fingerprint density at radius 1 is 1.04 bits per heavy atom. The van der Waals surface area contributed by atoms with Crippen molar-refractivity contribution in [3.05, 3.63) is 65.7 Å². The molecule has 1 aliphatic heterocycles. The Morgan fingerprint density at radius 2 is 1.73 bits per heavy atom. The number of amides is 1. The summed E-state index contributed by atoms with van der Waals surface area (Å²) in [5, 5.41) is 6.05. The number of carbonyl (C=O) groups excluding carboxylic acids is 1. The third-order valence-corrected chi connectivity index (χ3v) is 5.79. The molecule has 2 aromatic carbocycles. The van der Waals surface area contributed by atoms with Crippen LogP contribution in [0, 0.1) is 5.92 Å². The third-order valence-electron chi connectivity index (χ3n) is 4.24. The number of benzene rings is 2. The average Bonchev–Trinajstić information content (AvgIpc) is 3.09. The predicted molar refractivity (Wildman–Crippen MR) is 106 cm³/mol. The first-order valence-corrected chi connectivity index (χ1v) is 10.2. The van der Waals surface area contributed by atoms with Crippen LogP contribution in [0.4, 0.5) is 5.69 Å². The Balaban J connectivity index is 0.00000243. The molecule has 1 saturated heterocycles. The van der Waals surface area contributed by atoms with E-state index in [1.165, 1.54) is 0 Å². The first kappa shape index (κ1) is 20.4. The molecule has 0 spiro atoms. The minimum Gasteiger partial charge on any atom is -0.326 e. The molecule has 2 N–H and O–H groups in total. The van der Waals surface area contributed by atoms with E-state index in [0.29, 0.717) is 17.8 Å². The third kappa shape index (κ3) is 5.83. The van der Waals surface area contributed by atoms with Crippen LogP contribution in [0.3, 0.4) is 0 Å². The molecule has 1 aliphatic rings. The first-order chi connectivity index (χ1) is 12.0. The van der Waals surface area contributed by atoms with E-state index in [-0.39, 0.29) is 35.7 Å². The molecule has 2 aromatic rings. The summed E-state index contributed by atoms with van der Waals surface area (Å²) in [5.41, 5.74) is 2.10. The molecule has 0 saturated carbocycles. The number of hydrogen-bond acceptors (Lipinski definition) is 4. The van der Waals surface area contributed by atoms with E-state index in [4.69, 9.17) is 0 Å². The van der Waals surface area contributed by atoms with E-state index in [1.807, 2.05) is 30.3 Å². The fourth-order valence-corrected chi connectivity index (χ4v) is 4.48. The van der Waals surface area contributed by atoms with Crippen molar-refractivity contribution in [3.8, 4) is 0 Å².